The smallest absolute Gasteiger partial charge is 0.122 e. The third-order valence-electron chi connectivity index (χ3n) is 6.07. The third kappa shape index (κ3) is 7.85. The first-order valence-electron chi connectivity index (χ1n) is 11.8. The van der Waals surface area contributed by atoms with Crippen LogP contribution in [0, 0.1) is 0 Å². The van der Waals surface area contributed by atoms with Crippen molar-refractivity contribution in [1.82, 2.24) is 4.90 Å². The van der Waals surface area contributed by atoms with E-state index in [1.807, 2.05) is 42.5 Å². The maximum absolute atomic E-state index is 10.5. The van der Waals surface area contributed by atoms with E-state index in [4.69, 9.17) is 26.2 Å². The average molecular weight is 469 g/mol. The molecule has 0 spiro atoms. The van der Waals surface area contributed by atoms with Gasteiger partial charge in [-0.2, -0.15) is 0 Å². The van der Waals surface area contributed by atoms with Gasteiger partial charge in [0.1, 0.15) is 27.0 Å². The van der Waals surface area contributed by atoms with Gasteiger partial charge in [0.15, 0.2) is 0 Å². The molecular formula is C27H33B2N3O3. The number of allylic oxidation sites excluding steroid dienone is 1. The fourth-order valence-electron chi connectivity index (χ4n) is 4.01. The Kier molecular flexibility index (Phi) is 9.78. The number of aliphatic hydroxyl groups excluding tert-OH is 1. The van der Waals surface area contributed by atoms with Crippen LogP contribution in [0.3, 0.4) is 0 Å². The van der Waals surface area contributed by atoms with Gasteiger partial charge in [-0.1, -0.05) is 48.5 Å². The highest BCUT2D eigenvalue weighted by molar-refractivity contribution is 6.34. The number of aliphatic hydroxyl groups is 2. The molecule has 4 N–H and O–H groups in total. The monoisotopic (exact) mass is 469 g/mol. The van der Waals surface area contributed by atoms with E-state index in [9.17, 15) is 10.2 Å². The van der Waals surface area contributed by atoms with Crippen molar-refractivity contribution >= 4 is 27.5 Å². The van der Waals surface area contributed by atoms with Gasteiger partial charge < -0.3 is 20.7 Å². The van der Waals surface area contributed by atoms with E-state index in [-0.39, 0.29) is 6.61 Å². The molecular weight excluding hydrogens is 436 g/mol. The summed E-state index contributed by atoms with van der Waals surface area (Å²) < 4.78 is 5.73. The Morgan fingerprint density at radius 1 is 1.26 bits per heavy atom. The minimum atomic E-state index is -1.23. The Morgan fingerprint density at radius 2 is 2.03 bits per heavy atom. The minimum absolute atomic E-state index is 0.321. The lowest BCUT2D eigenvalue weighted by atomic mass is 9.82. The van der Waals surface area contributed by atoms with E-state index >= 15 is 0 Å². The summed E-state index contributed by atoms with van der Waals surface area (Å²) in [6.45, 7) is 3.90. The zero-order valence-corrected chi connectivity index (χ0v) is 20.3. The van der Waals surface area contributed by atoms with Crippen molar-refractivity contribution < 1.29 is 14.9 Å². The molecule has 0 aromatic heterocycles. The van der Waals surface area contributed by atoms with Crippen molar-refractivity contribution in [1.29, 1.82) is 0 Å². The van der Waals surface area contributed by atoms with Crippen molar-refractivity contribution in [3.63, 3.8) is 0 Å². The van der Waals surface area contributed by atoms with E-state index in [1.165, 1.54) is 11.8 Å². The number of rotatable bonds is 11. The summed E-state index contributed by atoms with van der Waals surface area (Å²) in [5.74, 6) is -0.402. The van der Waals surface area contributed by atoms with E-state index < -0.39 is 11.5 Å². The Labute approximate surface area is 211 Å². The normalized spacial score (nSPS) is 16.9. The van der Waals surface area contributed by atoms with Gasteiger partial charge in [-0.05, 0) is 42.5 Å². The van der Waals surface area contributed by atoms with Gasteiger partial charge in [0.2, 0.25) is 0 Å². The molecule has 4 radical (unpaired) electrons. The zero-order chi connectivity index (χ0) is 25.3. The SMILES string of the molecule is [B]C([B])Oc1cc(/C(C=NCCc2ccccc2)=C/N)ccc1CN1CCC=C([C@](C)(O)CO)C1. The van der Waals surface area contributed by atoms with Crippen molar-refractivity contribution in [2.24, 2.45) is 10.7 Å². The lowest BCUT2D eigenvalue weighted by Gasteiger charge is -2.34. The number of benzene rings is 2. The number of hydrogen-bond acceptors (Lipinski definition) is 6. The van der Waals surface area contributed by atoms with Crippen LogP contribution >= 0.6 is 0 Å². The van der Waals surface area contributed by atoms with Crippen molar-refractivity contribution in [3.8, 4) is 5.75 Å². The van der Waals surface area contributed by atoms with Gasteiger partial charge in [-0.15, -0.1) is 0 Å². The second kappa shape index (κ2) is 12.8. The van der Waals surface area contributed by atoms with Gasteiger partial charge >= 0.3 is 0 Å². The summed E-state index contributed by atoms with van der Waals surface area (Å²) in [4.78, 5) is 6.73. The predicted octanol–water partition coefficient (Wildman–Crippen LogP) is 2.17. The summed E-state index contributed by atoms with van der Waals surface area (Å²) >= 11 is 0. The first kappa shape index (κ1) is 26.8. The summed E-state index contributed by atoms with van der Waals surface area (Å²) in [5, 5.41) is 20.0. The molecule has 1 atom stereocenters. The van der Waals surface area contributed by atoms with Gasteiger partial charge in [0.05, 0.1) is 6.61 Å². The standard InChI is InChI=1S/C27H33B2N3O3/c1-27(34,19-33)24-8-5-13-32(18-24)17-22-10-9-21(14-25(22)35-26(28)29)23(15-30)16-31-12-11-20-6-3-2-4-7-20/h2-4,6-10,14-16,26,33-34H,5,11-13,17-19,30H2,1H3/b23-15+,31-16?/t27-/m1/s1. The highest BCUT2D eigenvalue weighted by Gasteiger charge is 2.28. The van der Waals surface area contributed by atoms with Crippen LogP contribution < -0.4 is 10.5 Å². The van der Waals surface area contributed by atoms with E-state index in [0.29, 0.717) is 25.4 Å². The second-order valence-corrected chi connectivity index (χ2v) is 8.96. The van der Waals surface area contributed by atoms with Crippen molar-refractivity contribution in [2.45, 2.75) is 37.8 Å². The van der Waals surface area contributed by atoms with Crippen LogP contribution in [0.2, 0.25) is 0 Å². The maximum atomic E-state index is 10.5. The number of nitrogens with two attached hydrogens (primary N) is 1. The summed E-state index contributed by atoms with van der Waals surface area (Å²) in [5.41, 5.74) is 9.23. The number of aliphatic imine (C=N–C) groups is 1. The van der Waals surface area contributed by atoms with E-state index in [0.717, 1.165) is 41.7 Å². The lowest BCUT2D eigenvalue weighted by molar-refractivity contribution is 0.0247. The molecule has 0 bridgehead atoms. The fourth-order valence-corrected chi connectivity index (χ4v) is 4.01. The molecule has 0 amide bonds. The molecule has 6 nitrogen and oxygen atoms in total. The molecule has 0 saturated carbocycles. The molecule has 1 aliphatic heterocycles. The molecule has 0 saturated heterocycles. The number of hydrogen-bond donors (Lipinski definition) is 3. The molecule has 2 aromatic rings. The van der Waals surface area contributed by atoms with Crippen molar-refractivity contribution in [2.75, 3.05) is 26.2 Å². The first-order valence-corrected chi connectivity index (χ1v) is 11.8. The number of nitrogens with zero attached hydrogens (tertiary/aromatic N) is 2. The Morgan fingerprint density at radius 3 is 2.71 bits per heavy atom. The van der Waals surface area contributed by atoms with Crippen LogP contribution in [0.15, 0.2) is 71.4 Å². The topological polar surface area (TPSA) is 91.3 Å². The molecule has 2 aromatic carbocycles. The molecule has 0 aliphatic carbocycles. The van der Waals surface area contributed by atoms with Crippen molar-refractivity contribution in [3.05, 3.63) is 83.1 Å². The highest BCUT2D eigenvalue weighted by atomic mass is 16.5. The van der Waals surface area contributed by atoms with Gasteiger partial charge in [0, 0.05) is 55.6 Å². The average Bonchev–Trinajstić information content (AvgIpc) is 2.86. The van der Waals surface area contributed by atoms with Crippen LogP contribution in [0.5, 0.6) is 5.75 Å². The maximum Gasteiger partial charge on any atom is 0.122 e. The largest absolute Gasteiger partial charge is 0.510 e. The van der Waals surface area contributed by atoms with Crippen LogP contribution in [0.25, 0.3) is 5.57 Å². The van der Waals surface area contributed by atoms with Crippen LogP contribution in [0.1, 0.15) is 30.0 Å². The zero-order valence-electron chi connectivity index (χ0n) is 20.3. The Hall–Kier alpha value is -2.80. The summed E-state index contributed by atoms with van der Waals surface area (Å²) in [6, 6.07) is 16.0. The third-order valence-corrected chi connectivity index (χ3v) is 6.07. The molecule has 1 heterocycles. The Balaban J connectivity index is 1.72. The van der Waals surface area contributed by atoms with Gasteiger partial charge in [-0.25, -0.2) is 0 Å². The van der Waals surface area contributed by atoms with Crippen LogP contribution in [0.4, 0.5) is 0 Å². The molecule has 180 valence electrons. The molecule has 8 heteroatoms. The fraction of sp³-hybridized carbons (Fsp3) is 0.370. The molecule has 0 unspecified atom stereocenters. The molecule has 3 rings (SSSR count). The second-order valence-electron chi connectivity index (χ2n) is 8.96. The lowest BCUT2D eigenvalue weighted by Crippen LogP contribution is -2.40. The quantitative estimate of drug-likeness (QED) is 0.267. The molecule has 0 fully saturated rings. The number of ether oxygens (including phenoxy) is 1. The Bertz CT molecular complexity index is 1050. The van der Waals surface area contributed by atoms with E-state index in [1.54, 1.807) is 13.1 Å². The van der Waals surface area contributed by atoms with Crippen LogP contribution in [-0.2, 0) is 13.0 Å². The van der Waals surface area contributed by atoms with Gasteiger partial charge in [0.25, 0.3) is 0 Å². The van der Waals surface area contributed by atoms with Gasteiger partial charge in [-0.3, -0.25) is 9.89 Å². The minimum Gasteiger partial charge on any atom is -0.510 e. The van der Waals surface area contributed by atoms with Crippen LogP contribution in [-0.4, -0.2) is 74.8 Å². The summed E-state index contributed by atoms with van der Waals surface area (Å²) in [7, 11) is 11.5. The van der Waals surface area contributed by atoms with E-state index in [2.05, 4.69) is 22.0 Å². The predicted molar refractivity (Wildman–Crippen MR) is 144 cm³/mol. The highest BCUT2D eigenvalue weighted by Crippen LogP contribution is 2.28. The molecule has 1 aliphatic rings. The first-order chi connectivity index (χ1) is 16.8. The summed E-state index contributed by atoms with van der Waals surface area (Å²) in [6.07, 6.45) is 6.92. The molecule has 35 heavy (non-hydrogen) atoms.